The van der Waals surface area contributed by atoms with E-state index in [0.717, 1.165) is 54.9 Å². The number of hydrogen-bond acceptors (Lipinski definition) is 7. The van der Waals surface area contributed by atoms with E-state index in [-0.39, 0.29) is 11.9 Å². The van der Waals surface area contributed by atoms with Gasteiger partial charge in [0.15, 0.2) is 5.82 Å². The fourth-order valence-corrected chi connectivity index (χ4v) is 5.16. The zero-order valence-corrected chi connectivity index (χ0v) is 19.8. The zero-order valence-electron chi connectivity index (χ0n) is 19.8. The molecular formula is C26H29FN6O. The lowest BCUT2D eigenvalue weighted by molar-refractivity contribution is -0.0511. The van der Waals surface area contributed by atoms with Gasteiger partial charge in [0.2, 0.25) is 0 Å². The number of rotatable bonds is 4. The van der Waals surface area contributed by atoms with Crippen LogP contribution >= 0.6 is 0 Å². The normalized spacial score (nSPS) is 19.5. The van der Waals surface area contributed by atoms with Gasteiger partial charge >= 0.3 is 0 Å². The first-order valence-electron chi connectivity index (χ1n) is 11.8. The second kappa shape index (κ2) is 9.16. The molecule has 0 bridgehead atoms. The summed E-state index contributed by atoms with van der Waals surface area (Å²) < 4.78 is 21.0. The number of benzene rings is 2. The average molecular weight is 461 g/mol. The zero-order chi connectivity index (χ0) is 23.8. The van der Waals surface area contributed by atoms with Gasteiger partial charge in [-0.3, -0.25) is 4.90 Å². The van der Waals surface area contributed by atoms with Gasteiger partial charge < -0.3 is 15.0 Å². The molecule has 3 aromatic rings. The first-order valence-corrected chi connectivity index (χ1v) is 11.8. The Morgan fingerprint density at radius 3 is 2.91 bits per heavy atom. The molecule has 3 heterocycles. The molecule has 2 fully saturated rings. The number of aryl methyl sites for hydroxylation is 1. The molecule has 2 aromatic carbocycles. The van der Waals surface area contributed by atoms with Crippen LogP contribution in [0.2, 0.25) is 0 Å². The summed E-state index contributed by atoms with van der Waals surface area (Å²) >= 11 is 0. The van der Waals surface area contributed by atoms with Crippen LogP contribution in [0, 0.1) is 31.0 Å². The molecule has 2 aliphatic rings. The Morgan fingerprint density at radius 2 is 2.09 bits per heavy atom. The van der Waals surface area contributed by atoms with Crippen molar-refractivity contribution in [3.8, 4) is 6.07 Å². The van der Waals surface area contributed by atoms with Crippen LogP contribution in [-0.2, 0) is 4.74 Å². The van der Waals surface area contributed by atoms with Gasteiger partial charge in [-0.1, -0.05) is 12.1 Å². The Kier molecular flexibility index (Phi) is 6.07. The van der Waals surface area contributed by atoms with E-state index in [9.17, 15) is 5.26 Å². The molecule has 2 atom stereocenters. The lowest BCUT2D eigenvalue weighted by Crippen LogP contribution is -2.56. The van der Waals surface area contributed by atoms with E-state index < -0.39 is 0 Å². The van der Waals surface area contributed by atoms with Gasteiger partial charge in [0.1, 0.15) is 5.82 Å². The summed E-state index contributed by atoms with van der Waals surface area (Å²) in [5.41, 5.74) is 4.00. The molecule has 5 rings (SSSR count). The van der Waals surface area contributed by atoms with Crippen LogP contribution in [0.25, 0.3) is 10.8 Å². The molecule has 1 N–H and O–H groups in total. The highest BCUT2D eigenvalue weighted by Crippen LogP contribution is 2.34. The molecule has 0 aliphatic carbocycles. The summed E-state index contributed by atoms with van der Waals surface area (Å²) in [6.07, 6.45) is 0.989. The van der Waals surface area contributed by atoms with E-state index in [2.05, 4.69) is 31.4 Å². The van der Waals surface area contributed by atoms with Crippen molar-refractivity contribution in [3.63, 3.8) is 0 Å². The number of fused-ring (bicyclic) bond motifs is 2. The lowest BCUT2D eigenvalue weighted by atomic mass is 9.98. The lowest BCUT2D eigenvalue weighted by Gasteiger charge is -2.44. The summed E-state index contributed by atoms with van der Waals surface area (Å²) in [6, 6.07) is 11.9. The van der Waals surface area contributed by atoms with E-state index in [0.29, 0.717) is 35.2 Å². The summed E-state index contributed by atoms with van der Waals surface area (Å²) in [7, 11) is 0. The van der Waals surface area contributed by atoms with E-state index in [1.165, 1.54) is 0 Å². The maximum atomic E-state index is 15.4. The van der Waals surface area contributed by atoms with Crippen molar-refractivity contribution in [2.75, 3.05) is 43.2 Å². The molecule has 7 nitrogen and oxygen atoms in total. The Balaban J connectivity index is 1.50. The van der Waals surface area contributed by atoms with Crippen molar-refractivity contribution in [1.29, 1.82) is 5.26 Å². The molecule has 2 aliphatic heterocycles. The molecule has 176 valence electrons. The number of aromatic nitrogens is 2. The van der Waals surface area contributed by atoms with E-state index in [1.807, 2.05) is 38.1 Å². The highest BCUT2D eigenvalue weighted by atomic mass is 19.1. The molecule has 0 saturated carbocycles. The summed E-state index contributed by atoms with van der Waals surface area (Å²) in [5.74, 6) is 0.257. The quantitative estimate of drug-likeness (QED) is 0.622. The molecule has 8 heteroatoms. The Labute approximate surface area is 199 Å². The van der Waals surface area contributed by atoms with Crippen molar-refractivity contribution < 1.29 is 9.13 Å². The van der Waals surface area contributed by atoms with Crippen molar-refractivity contribution >= 4 is 22.3 Å². The second-order valence-electron chi connectivity index (χ2n) is 9.22. The number of piperazine rings is 1. The third-order valence-corrected chi connectivity index (χ3v) is 7.13. The van der Waals surface area contributed by atoms with Gasteiger partial charge in [-0.15, -0.1) is 5.10 Å². The highest BCUT2D eigenvalue weighted by molar-refractivity contribution is 5.96. The van der Waals surface area contributed by atoms with Crippen molar-refractivity contribution in [2.45, 2.75) is 39.3 Å². The van der Waals surface area contributed by atoms with E-state index >= 15 is 4.39 Å². The van der Waals surface area contributed by atoms with Crippen molar-refractivity contribution in [1.82, 2.24) is 15.1 Å². The monoisotopic (exact) mass is 460 g/mol. The molecule has 2 saturated heterocycles. The Hall–Kier alpha value is -3.28. The van der Waals surface area contributed by atoms with Crippen LogP contribution < -0.4 is 10.2 Å². The van der Waals surface area contributed by atoms with E-state index in [1.54, 1.807) is 13.0 Å². The molecular weight excluding hydrogens is 431 g/mol. The predicted octanol–water partition coefficient (Wildman–Crippen LogP) is 4.30. The number of ether oxygens (including phenoxy) is 1. The van der Waals surface area contributed by atoms with Crippen LogP contribution in [0.4, 0.5) is 15.9 Å². The topological polar surface area (TPSA) is 77.3 Å². The molecule has 0 radical (unpaired) electrons. The molecule has 1 aromatic heterocycles. The minimum Gasteiger partial charge on any atom is -0.369 e. The second-order valence-corrected chi connectivity index (χ2v) is 9.22. The van der Waals surface area contributed by atoms with Crippen molar-refractivity contribution in [3.05, 3.63) is 58.5 Å². The number of nitriles is 1. The van der Waals surface area contributed by atoms with Gasteiger partial charge in [0, 0.05) is 48.7 Å². The molecule has 0 spiro atoms. The Morgan fingerprint density at radius 1 is 1.24 bits per heavy atom. The number of hydrogen-bond donors (Lipinski definition) is 1. The van der Waals surface area contributed by atoms with Crippen LogP contribution in [0.3, 0.4) is 0 Å². The van der Waals surface area contributed by atoms with Crippen LogP contribution in [0.1, 0.15) is 41.8 Å². The first-order chi connectivity index (χ1) is 16.5. The van der Waals surface area contributed by atoms with Gasteiger partial charge in [-0.2, -0.15) is 10.4 Å². The average Bonchev–Trinajstić information content (AvgIpc) is 2.85. The van der Waals surface area contributed by atoms with Gasteiger partial charge in [-0.25, -0.2) is 4.39 Å². The predicted molar refractivity (Wildman–Crippen MR) is 130 cm³/mol. The fourth-order valence-electron chi connectivity index (χ4n) is 5.16. The smallest absolute Gasteiger partial charge is 0.157 e. The number of nitrogens with zero attached hydrogens (tertiary/aromatic N) is 5. The summed E-state index contributed by atoms with van der Waals surface area (Å²) in [6.45, 7) is 9.76. The Bertz CT molecular complexity index is 1270. The summed E-state index contributed by atoms with van der Waals surface area (Å²) in [4.78, 5) is 4.62. The largest absolute Gasteiger partial charge is 0.369 e. The molecule has 34 heavy (non-hydrogen) atoms. The molecule has 0 amide bonds. The summed E-state index contributed by atoms with van der Waals surface area (Å²) in [5, 5.41) is 22.7. The first kappa shape index (κ1) is 22.5. The highest BCUT2D eigenvalue weighted by Gasteiger charge is 2.30. The third kappa shape index (κ3) is 4.06. The van der Waals surface area contributed by atoms with Gasteiger partial charge in [-0.05, 0) is 56.5 Å². The SMILES string of the molecule is Cc1c(C#N)cccc1C(C)Nc1nnc(C)c2c(F)cc(N3CCN4COCC[C@@H]4C3)cc12. The van der Waals surface area contributed by atoms with Crippen molar-refractivity contribution in [2.24, 2.45) is 0 Å². The van der Waals surface area contributed by atoms with Gasteiger partial charge in [0.25, 0.3) is 0 Å². The maximum absolute atomic E-state index is 15.4. The number of anilines is 2. The van der Waals surface area contributed by atoms with Crippen LogP contribution in [0.5, 0.6) is 0 Å². The van der Waals surface area contributed by atoms with Crippen LogP contribution in [-0.4, -0.2) is 54.1 Å². The molecule has 1 unspecified atom stereocenters. The minimum absolute atomic E-state index is 0.133. The fraction of sp³-hybridized carbons (Fsp3) is 0.423. The maximum Gasteiger partial charge on any atom is 0.157 e. The minimum atomic E-state index is -0.285. The standard InChI is InChI=1S/C26H29FN6O/c1-16-19(13-28)5-4-6-22(16)17(2)29-26-23-11-21(12-24(27)25(23)18(3)30-31-26)32-8-9-33-15-34-10-7-20(33)14-32/h4-6,11-12,17,20H,7-10,14-15H2,1-3H3,(H,29,31)/t17?,20-/m1/s1. The third-order valence-electron chi connectivity index (χ3n) is 7.13. The van der Waals surface area contributed by atoms with E-state index in [4.69, 9.17) is 4.74 Å². The number of nitrogens with one attached hydrogen (secondary N) is 1. The van der Waals surface area contributed by atoms with Gasteiger partial charge in [0.05, 0.1) is 30.1 Å². The van der Waals surface area contributed by atoms with Crippen LogP contribution in [0.15, 0.2) is 30.3 Å². The number of halogens is 1.